The topological polar surface area (TPSA) is 100 Å². The summed E-state index contributed by atoms with van der Waals surface area (Å²) in [5, 5.41) is 11.8. The van der Waals surface area contributed by atoms with Crippen molar-refractivity contribution in [1.82, 2.24) is 0 Å². The number of carbonyl (C=O) groups is 1. The number of benzene rings is 3. The number of rotatable bonds is 7. The van der Waals surface area contributed by atoms with Crippen LogP contribution in [-0.4, -0.2) is 23.9 Å². The molecule has 0 spiro atoms. The third kappa shape index (κ3) is 5.75. The van der Waals surface area contributed by atoms with Crippen LogP contribution in [0.2, 0.25) is 10.0 Å². The average Bonchev–Trinajstić information content (AvgIpc) is 3.19. The van der Waals surface area contributed by atoms with Crippen LogP contribution < -0.4 is 9.47 Å². The second-order valence-corrected chi connectivity index (χ2v) is 9.21. The van der Waals surface area contributed by atoms with Crippen LogP contribution in [0.5, 0.6) is 11.5 Å². The first-order valence-electron chi connectivity index (χ1n) is 9.97. The summed E-state index contributed by atoms with van der Waals surface area (Å²) in [5.74, 6) is 0.290. The van der Waals surface area contributed by atoms with Crippen LogP contribution in [0.15, 0.2) is 65.3 Å². The standard InChI is InChI=1S/C24H15Cl2IN2O6/c1-33-21-10-14(8-18(27)22(21)34-12-13-2-5-16(25)6-3-13)9-19-24(30)35-23(28-19)15-4-7-17(26)20(11-15)29(31)32/h2-11H,12H2,1H3/b19-9-. The fourth-order valence-electron chi connectivity index (χ4n) is 3.18. The molecule has 0 radical (unpaired) electrons. The summed E-state index contributed by atoms with van der Waals surface area (Å²) < 4.78 is 17.4. The van der Waals surface area contributed by atoms with Gasteiger partial charge < -0.3 is 14.2 Å². The first-order chi connectivity index (χ1) is 16.7. The van der Waals surface area contributed by atoms with Crippen molar-refractivity contribution in [2.45, 2.75) is 6.61 Å². The number of cyclic esters (lactones) is 1. The molecule has 1 heterocycles. The fraction of sp³-hybridized carbons (Fsp3) is 0.0833. The molecule has 0 fully saturated rings. The number of hydrogen-bond acceptors (Lipinski definition) is 7. The Kier molecular flexibility index (Phi) is 7.58. The lowest BCUT2D eigenvalue weighted by molar-refractivity contribution is -0.384. The van der Waals surface area contributed by atoms with E-state index in [4.69, 9.17) is 37.4 Å². The molecular formula is C24H15Cl2IN2O6. The Balaban J connectivity index is 1.60. The van der Waals surface area contributed by atoms with Gasteiger partial charge in [-0.1, -0.05) is 35.3 Å². The van der Waals surface area contributed by atoms with Crippen molar-refractivity contribution in [3.8, 4) is 11.5 Å². The lowest BCUT2D eigenvalue weighted by Crippen LogP contribution is -2.06. The van der Waals surface area contributed by atoms with E-state index in [-0.39, 0.29) is 27.9 Å². The summed E-state index contributed by atoms with van der Waals surface area (Å²) >= 11 is 13.9. The second-order valence-electron chi connectivity index (χ2n) is 7.21. The molecule has 0 aliphatic carbocycles. The molecule has 0 bridgehead atoms. The number of nitro groups is 1. The highest BCUT2D eigenvalue weighted by Crippen LogP contribution is 2.36. The molecule has 0 aromatic heterocycles. The van der Waals surface area contributed by atoms with Crippen LogP contribution in [0, 0.1) is 13.7 Å². The smallest absolute Gasteiger partial charge is 0.363 e. The zero-order valence-corrected chi connectivity index (χ0v) is 21.6. The predicted molar refractivity (Wildman–Crippen MR) is 140 cm³/mol. The van der Waals surface area contributed by atoms with Crippen LogP contribution in [0.1, 0.15) is 16.7 Å². The van der Waals surface area contributed by atoms with Gasteiger partial charge in [-0.05, 0) is 76.2 Å². The third-order valence-electron chi connectivity index (χ3n) is 4.86. The SMILES string of the molecule is COc1cc(/C=C2\N=C(c3ccc(Cl)c([N+](=O)[O-])c3)OC2=O)cc(I)c1OCc1ccc(Cl)cc1. The Morgan fingerprint density at radius 1 is 1.14 bits per heavy atom. The highest BCUT2D eigenvalue weighted by molar-refractivity contribution is 14.1. The zero-order valence-electron chi connectivity index (χ0n) is 18.0. The van der Waals surface area contributed by atoms with Crippen molar-refractivity contribution in [2.75, 3.05) is 7.11 Å². The van der Waals surface area contributed by atoms with Crippen LogP contribution in [-0.2, 0) is 16.1 Å². The van der Waals surface area contributed by atoms with Gasteiger partial charge in [-0.15, -0.1) is 0 Å². The van der Waals surface area contributed by atoms with Gasteiger partial charge in [-0.3, -0.25) is 10.1 Å². The minimum atomic E-state index is -0.686. The van der Waals surface area contributed by atoms with E-state index in [2.05, 4.69) is 27.6 Å². The quantitative estimate of drug-likeness (QED) is 0.0986. The van der Waals surface area contributed by atoms with E-state index in [1.807, 2.05) is 12.1 Å². The summed E-state index contributed by atoms with van der Waals surface area (Å²) in [6, 6.07) is 14.9. The number of halogens is 3. The molecule has 0 N–H and O–H groups in total. The maximum atomic E-state index is 12.4. The Morgan fingerprint density at radius 2 is 1.89 bits per heavy atom. The van der Waals surface area contributed by atoms with Gasteiger partial charge in [-0.2, -0.15) is 0 Å². The minimum Gasteiger partial charge on any atom is -0.493 e. The number of esters is 1. The summed E-state index contributed by atoms with van der Waals surface area (Å²) in [6.07, 6.45) is 1.54. The Labute approximate surface area is 223 Å². The number of aliphatic imine (C=N–C) groups is 1. The van der Waals surface area contributed by atoms with E-state index in [1.54, 1.807) is 24.3 Å². The van der Waals surface area contributed by atoms with Gasteiger partial charge >= 0.3 is 5.97 Å². The van der Waals surface area contributed by atoms with Crippen LogP contribution in [0.25, 0.3) is 6.08 Å². The van der Waals surface area contributed by atoms with Gasteiger partial charge in [0.1, 0.15) is 11.6 Å². The molecule has 3 aromatic carbocycles. The Morgan fingerprint density at radius 3 is 2.57 bits per heavy atom. The van der Waals surface area contributed by atoms with Crippen molar-refractivity contribution in [3.05, 3.63) is 101 Å². The van der Waals surface area contributed by atoms with Gasteiger partial charge in [0, 0.05) is 16.7 Å². The molecule has 178 valence electrons. The number of hydrogen-bond donors (Lipinski definition) is 0. The summed E-state index contributed by atoms with van der Waals surface area (Å²) in [7, 11) is 1.52. The normalized spacial score (nSPS) is 14.0. The molecule has 4 rings (SSSR count). The number of nitrogens with zero attached hydrogens (tertiary/aromatic N) is 2. The number of ether oxygens (including phenoxy) is 3. The lowest BCUT2D eigenvalue weighted by Gasteiger charge is -2.14. The van der Waals surface area contributed by atoms with E-state index in [9.17, 15) is 14.9 Å². The molecule has 0 atom stereocenters. The molecule has 8 nitrogen and oxygen atoms in total. The molecule has 35 heavy (non-hydrogen) atoms. The summed E-state index contributed by atoms with van der Waals surface area (Å²) in [4.78, 5) is 27.1. The average molecular weight is 625 g/mol. The number of carbonyl (C=O) groups excluding carboxylic acids is 1. The molecule has 1 aliphatic heterocycles. The molecule has 11 heteroatoms. The second kappa shape index (κ2) is 10.6. The maximum Gasteiger partial charge on any atom is 0.363 e. The van der Waals surface area contributed by atoms with E-state index < -0.39 is 10.9 Å². The first kappa shape index (κ1) is 25.0. The predicted octanol–water partition coefficient (Wildman–Crippen LogP) is 6.44. The van der Waals surface area contributed by atoms with Crippen molar-refractivity contribution >= 4 is 69.4 Å². The zero-order chi connectivity index (χ0) is 25.1. The largest absolute Gasteiger partial charge is 0.493 e. The van der Waals surface area contributed by atoms with E-state index >= 15 is 0 Å². The minimum absolute atomic E-state index is 0.0283. The molecule has 0 saturated heterocycles. The molecule has 3 aromatic rings. The van der Waals surface area contributed by atoms with E-state index in [1.165, 1.54) is 31.4 Å². The van der Waals surface area contributed by atoms with Crippen molar-refractivity contribution in [1.29, 1.82) is 0 Å². The highest BCUT2D eigenvalue weighted by Gasteiger charge is 2.26. The van der Waals surface area contributed by atoms with E-state index in [0.717, 1.165) is 9.13 Å². The maximum absolute atomic E-state index is 12.4. The van der Waals surface area contributed by atoms with Crippen molar-refractivity contribution in [3.63, 3.8) is 0 Å². The van der Waals surface area contributed by atoms with Crippen LogP contribution >= 0.6 is 45.8 Å². The summed E-state index contributed by atoms with van der Waals surface area (Å²) in [6.45, 7) is 0.317. The number of methoxy groups -OCH3 is 1. The molecular weight excluding hydrogens is 610 g/mol. The fourth-order valence-corrected chi connectivity index (χ4v) is 4.27. The molecule has 0 saturated carbocycles. The van der Waals surface area contributed by atoms with Crippen LogP contribution in [0.4, 0.5) is 5.69 Å². The lowest BCUT2D eigenvalue weighted by atomic mass is 10.1. The molecule has 0 amide bonds. The molecule has 1 aliphatic rings. The van der Waals surface area contributed by atoms with Crippen molar-refractivity contribution < 1.29 is 23.9 Å². The van der Waals surface area contributed by atoms with Gasteiger partial charge in [-0.25, -0.2) is 9.79 Å². The Bertz CT molecular complexity index is 1390. The summed E-state index contributed by atoms with van der Waals surface area (Å²) in [5.41, 5.74) is 1.55. The Hall–Kier alpha value is -3.15. The van der Waals surface area contributed by atoms with Gasteiger partial charge in [0.25, 0.3) is 5.69 Å². The third-order valence-corrected chi connectivity index (χ3v) is 6.23. The van der Waals surface area contributed by atoms with Crippen LogP contribution in [0.3, 0.4) is 0 Å². The monoisotopic (exact) mass is 624 g/mol. The van der Waals surface area contributed by atoms with Crippen molar-refractivity contribution in [2.24, 2.45) is 4.99 Å². The van der Waals surface area contributed by atoms with Gasteiger partial charge in [0.15, 0.2) is 17.2 Å². The van der Waals surface area contributed by atoms with Gasteiger partial charge in [0.2, 0.25) is 5.90 Å². The number of nitro benzene ring substituents is 1. The van der Waals surface area contributed by atoms with Gasteiger partial charge in [0.05, 0.1) is 15.6 Å². The highest BCUT2D eigenvalue weighted by atomic mass is 127. The van der Waals surface area contributed by atoms with E-state index in [0.29, 0.717) is 28.7 Å². The first-order valence-corrected chi connectivity index (χ1v) is 11.8. The molecule has 0 unspecified atom stereocenters.